The standard InChI is InChI=1S/C17H15FN2/c18-17-13(9-19)5-3-6-14(17)10-20-11-15-8-12-4-1-2-7-16(12)15/h1-7,15,20H,8,10-11H2. The monoisotopic (exact) mass is 266 g/mol. The van der Waals surface area contributed by atoms with Gasteiger partial charge in [0, 0.05) is 24.6 Å². The Morgan fingerprint density at radius 3 is 2.85 bits per heavy atom. The number of rotatable bonds is 4. The van der Waals surface area contributed by atoms with Gasteiger partial charge >= 0.3 is 0 Å². The van der Waals surface area contributed by atoms with Gasteiger partial charge in [-0.05, 0) is 23.6 Å². The van der Waals surface area contributed by atoms with Crippen LogP contribution in [0.4, 0.5) is 4.39 Å². The molecule has 0 fully saturated rings. The summed E-state index contributed by atoms with van der Waals surface area (Å²) in [6.07, 6.45) is 1.09. The average molecular weight is 266 g/mol. The van der Waals surface area contributed by atoms with Crippen LogP contribution in [0.2, 0.25) is 0 Å². The summed E-state index contributed by atoms with van der Waals surface area (Å²) in [4.78, 5) is 0. The molecule has 1 aliphatic carbocycles. The lowest BCUT2D eigenvalue weighted by atomic mass is 9.77. The lowest BCUT2D eigenvalue weighted by molar-refractivity contribution is 0.523. The van der Waals surface area contributed by atoms with Crippen molar-refractivity contribution in [1.29, 1.82) is 5.26 Å². The maximum Gasteiger partial charge on any atom is 0.145 e. The van der Waals surface area contributed by atoms with Gasteiger partial charge in [-0.1, -0.05) is 36.4 Å². The van der Waals surface area contributed by atoms with Gasteiger partial charge in [-0.15, -0.1) is 0 Å². The Morgan fingerprint density at radius 1 is 1.20 bits per heavy atom. The smallest absolute Gasteiger partial charge is 0.145 e. The summed E-state index contributed by atoms with van der Waals surface area (Å²) in [6.45, 7) is 1.30. The first-order chi connectivity index (χ1) is 9.79. The van der Waals surface area contributed by atoms with Crippen LogP contribution in [-0.2, 0) is 13.0 Å². The minimum atomic E-state index is -0.406. The van der Waals surface area contributed by atoms with Crippen molar-refractivity contribution in [1.82, 2.24) is 5.32 Å². The van der Waals surface area contributed by atoms with Crippen LogP contribution in [0, 0.1) is 17.1 Å². The second-order valence-corrected chi connectivity index (χ2v) is 5.12. The fraction of sp³-hybridized carbons (Fsp3) is 0.235. The molecule has 20 heavy (non-hydrogen) atoms. The number of halogens is 1. The van der Waals surface area contributed by atoms with Gasteiger partial charge in [-0.2, -0.15) is 5.26 Å². The molecule has 0 saturated heterocycles. The molecule has 3 heteroatoms. The van der Waals surface area contributed by atoms with Crippen molar-refractivity contribution in [2.75, 3.05) is 6.54 Å². The van der Waals surface area contributed by atoms with Crippen LogP contribution in [0.3, 0.4) is 0 Å². The van der Waals surface area contributed by atoms with Gasteiger partial charge in [-0.3, -0.25) is 0 Å². The van der Waals surface area contributed by atoms with Crippen molar-refractivity contribution in [3.63, 3.8) is 0 Å². The van der Waals surface area contributed by atoms with Crippen LogP contribution in [-0.4, -0.2) is 6.54 Å². The number of nitrogens with zero attached hydrogens (tertiary/aromatic N) is 1. The molecule has 0 amide bonds. The maximum absolute atomic E-state index is 13.9. The Balaban J connectivity index is 1.59. The molecule has 0 spiro atoms. The van der Waals surface area contributed by atoms with E-state index < -0.39 is 5.82 Å². The summed E-state index contributed by atoms with van der Waals surface area (Å²) in [7, 11) is 0. The van der Waals surface area contributed by atoms with Gasteiger partial charge in [-0.25, -0.2) is 4.39 Å². The van der Waals surface area contributed by atoms with Crippen LogP contribution in [0.1, 0.15) is 28.2 Å². The highest BCUT2D eigenvalue weighted by molar-refractivity contribution is 5.40. The van der Waals surface area contributed by atoms with Crippen LogP contribution >= 0.6 is 0 Å². The van der Waals surface area contributed by atoms with E-state index in [1.54, 1.807) is 12.1 Å². The van der Waals surface area contributed by atoms with E-state index in [0.717, 1.165) is 13.0 Å². The number of hydrogen-bond donors (Lipinski definition) is 1. The number of nitrogens with one attached hydrogen (secondary N) is 1. The van der Waals surface area contributed by atoms with Crippen molar-refractivity contribution in [3.8, 4) is 6.07 Å². The van der Waals surface area contributed by atoms with Crippen LogP contribution in [0.15, 0.2) is 42.5 Å². The fourth-order valence-corrected chi connectivity index (χ4v) is 2.73. The van der Waals surface area contributed by atoms with Crippen molar-refractivity contribution in [3.05, 3.63) is 70.5 Å². The molecule has 3 rings (SSSR count). The van der Waals surface area contributed by atoms with E-state index in [1.165, 1.54) is 17.2 Å². The Hall–Kier alpha value is -2.18. The highest BCUT2D eigenvalue weighted by Gasteiger charge is 2.24. The molecule has 2 aromatic rings. The molecule has 0 radical (unpaired) electrons. The molecule has 1 aliphatic rings. The van der Waals surface area contributed by atoms with Gasteiger partial charge in [0.15, 0.2) is 0 Å². The maximum atomic E-state index is 13.9. The summed E-state index contributed by atoms with van der Waals surface area (Å²) in [5.74, 6) is 0.116. The van der Waals surface area contributed by atoms with E-state index in [4.69, 9.17) is 5.26 Å². The third-order valence-electron chi connectivity index (χ3n) is 3.87. The van der Waals surface area contributed by atoms with Gasteiger partial charge in [0.2, 0.25) is 0 Å². The molecule has 0 saturated carbocycles. The quantitative estimate of drug-likeness (QED) is 0.923. The molecule has 100 valence electrons. The zero-order valence-electron chi connectivity index (χ0n) is 11.1. The van der Waals surface area contributed by atoms with E-state index in [2.05, 4.69) is 29.6 Å². The molecular formula is C17H15FN2. The minimum absolute atomic E-state index is 0.110. The second kappa shape index (κ2) is 5.44. The lowest BCUT2D eigenvalue weighted by Crippen LogP contribution is -2.29. The van der Waals surface area contributed by atoms with Crippen molar-refractivity contribution >= 4 is 0 Å². The number of hydrogen-bond acceptors (Lipinski definition) is 2. The SMILES string of the molecule is N#Cc1cccc(CNCC2Cc3ccccc32)c1F. The normalized spacial score (nSPS) is 16.1. The Bertz CT molecular complexity index is 673. The Labute approximate surface area is 117 Å². The summed E-state index contributed by atoms with van der Waals surface area (Å²) in [6, 6.07) is 15.2. The third-order valence-corrected chi connectivity index (χ3v) is 3.87. The van der Waals surface area contributed by atoms with E-state index in [-0.39, 0.29) is 5.56 Å². The first-order valence-electron chi connectivity index (χ1n) is 6.75. The number of fused-ring (bicyclic) bond motifs is 1. The third kappa shape index (κ3) is 2.31. The predicted octanol–water partition coefficient (Wildman–Crippen LogP) is 3.13. The first kappa shape index (κ1) is 12.8. The topological polar surface area (TPSA) is 35.8 Å². The van der Waals surface area contributed by atoms with Crippen molar-refractivity contribution < 1.29 is 4.39 Å². The second-order valence-electron chi connectivity index (χ2n) is 5.12. The van der Waals surface area contributed by atoms with Crippen molar-refractivity contribution in [2.24, 2.45) is 0 Å². The van der Waals surface area contributed by atoms with Crippen LogP contribution < -0.4 is 5.32 Å². The predicted molar refractivity (Wildman–Crippen MR) is 75.7 cm³/mol. The molecule has 1 N–H and O–H groups in total. The van der Waals surface area contributed by atoms with E-state index in [0.29, 0.717) is 18.0 Å². The largest absolute Gasteiger partial charge is 0.312 e. The molecule has 0 bridgehead atoms. The van der Waals surface area contributed by atoms with E-state index >= 15 is 0 Å². The average Bonchev–Trinajstić information content (AvgIpc) is 2.45. The Morgan fingerprint density at radius 2 is 2.05 bits per heavy atom. The first-order valence-corrected chi connectivity index (χ1v) is 6.75. The van der Waals surface area contributed by atoms with Gasteiger partial charge < -0.3 is 5.32 Å². The fourth-order valence-electron chi connectivity index (χ4n) is 2.73. The minimum Gasteiger partial charge on any atom is -0.312 e. The van der Waals surface area contributed by atoms with Gasteiger partial charge in [0.1, 0.15) is 11.9 Å². The zero-order chi connectivity index (χ0) is 13.9. The van der Waals surface area contributed by atoms with Crippen molar-refractivity contribution in [2.45, 2.75) is 18.9 Å². The molecular weight excluding hydrogens is 251 g/mol. The van der Waals surface area contributed by atoms with Crippen LogP contribution in [0.5, 0.6) is 0 Å². The summed E-state index contributed by atoms with van der Waals surface area (Å²) >= 11 is 0. The highest BCUT2D eigenvalue weighted by Crippen LogP contribution is 2.34. The number of benzene rings is 2. The number of nitriles is 1. The van der Waals surface area contributed by atoms with Gasteiger partial charge in [0.05, 0.1) is 5.56 Å². The summed E-state index contributed by atoms with van der Waals surface area (Å²) < 4.78 is 13.9. The zero-order valence-corrected chi connectivity index (χ0v) is 11.1. The van der Waals surface area contributed by atoms with Gasteiger partial charge in [0.25, 0.3) is 0 Å². The molecule has 2 nitrogen and oxygen atoms in total. The molecule has 1 unspecified atom stereocenters. The molecule has 1 atom stereocenters. The molecule has 0 heterocycles. The van der Waals surface area contributed by atoms with Crippen LogP contribution in [0.25, 0.3) is 0 Å². The lowest BCUT2D eigenvalue weighted by Gasteiger charge is -2.30. The molecule has 2 aromatic carbocycles. The summed E-state index contributed by atoms with van der Waals surface area (Å²) in [5, 5.41) is 12.1. The summed E-state index contributed by atoms with van der Waals surface area (Å²) in [5.41, 5.74) is 3.47. The highest BCUT2D eigenvalue weighted by atomic mass is 19.1. The van der Waals surface area contributed by atoms with E-state index in [9.17, 15) is 4.39 Å². The molecule has 0 aromatic heterocycles. The molecule has 0 aliphatic heterocycles. The Kier molecular flexibility index (Phi) is 3.49. The van der Waals surface area contributed by atoms with E-state index in [1.807, 2.05) is 6.07 Å².